The van der Waals surface area contributed by atoms with Gasteiger partial charge in [0.05, 0.1) is 6.26 Å². The molecule has 27 heavy (non-hydrogen) atoms. The first kappa shape index (κ1) is 18.1. The third-order valence-electron chi connectivity index (χ3n) is 3.95. The summed E-state index contributed by atoms with van der Waals surface area (Å²) in [4.78, 5) is 35.7. The highest BCUT2D eigenvalue weighted by Gasteiger charge is 2.12. The summed E-state index contributed by atoms with van der Waals surface area (Å²) < 4.78 is 4.91. The third kappa shape index (κ3) is 4.92. The van der Waals surface area contributed by atoms with Gasteiger partial charge in [0.25, 0.3) is 0 Å². The van der Waals surface area contributed by atoms with Crippen molar-refractivity contribution in [2.45, 2.75) is 12.8 Å². The van der Waals surface area contributed by atoms with Crippen LogP contribution in [-0.2, 0) is 4.79 Å². The summed E-state index contributed by atoms with van der Waals surface area (Å²) in [6.45, 7) is 0. The first-order valence-corrected chi connectivity index (χ1v) is 8.45. The molecule has 0 unspecified atom stereocenters. The maximum atomic E-state index is 12.2. The van der Waals surface area contributed by atoms with Crippen molar-refractivity contribution in [2.75, 3.05) is 0 Å². The fourth-order valence-corrected chi connectivity index (χ4v) is 2.51. The molecule has 1 aromatic heterocycles. The van der Waals surface area contributed by atoms with Gasteiger partial charge >= 0.3 is 5.91 Å². The first-order valence-electron chi connectivity index (χ1n) is 8.45. The molecule has 0 spiro atoms. The molecule has 1 heterocycles. The van der Waals surface area contributed by atoms with Gasteiger partial charge < -0.3 is 4.42 Å². The van der Waals surface area contributed by atoms with Crippen LogP contribution in [0.25, 0.3) is 11.1 Å². The summed E-state index contributed by atoms with van der Waals surface area (Å²) in [5, 5.41) is 0. The van der Waals surface area contributed by atoms with Crippen molar-refractivity contribution >= 4 is 17.6 Å². The smallest absolute Gasteiger partial charge is 0.305 e. The number of rotatable bonds is 6. The first-order chi connectivity index (χ1) is 13.1. The summed E-state index contributed by atoms with van der Waals surface area (Å²) in [5.41, 5.74) is 7.12. The zero-order valence-electron chi connectivity index (χ0n) is 14.5. The Labute approximate surface area is 156 Å². The predicted molar refractivity (Wildman–Crippen MR) is 99.8 cm³/mol. The number of hydrogen-bond acceptors (Lipinski definition) is 4. The van der Waals surface area contributed by atoms with Crippen LogP contribution in [0.4, 0.5) is 0 Å². The fourth-order valence-electron chi connectivity index (χ4n) is 2.51. The standard InChI is InChI=1S/C21H18N2O4/c24-18(12-13-20(25)22-23-21(26)19-7-4-14-27-19)17-10-8-16(9-11-17)15-5-2-1-3-6-15/h1-11,14H,12-13H2,(H,22,25)(H,23,26). The van der Waals surface area contributed by atoms with Gasteiger partial charge in [-0.2, -0.15) is 0 Å². The van der Waals surface area contributed by atoms with Gasteiger partial charge in [0.2, 0.25) is 5.91 Å². The molecular weight excluding hydrogens is 344 g/mol. The van der Waals surface area contributed by atoms with Gasteiger partial charge in [-0.15, -0.1) is 0 Å². The molecule has 6 nitrogen and oxygen atoms in total. The van der Waals surface area contributed by atoms with E-state index >= 15 is 0 Å². The number of carbonyl (C=O) groups is 3. The Bertz CT molecular complexity index is 917. The average Bonchev–Trinajstić information content (AvgIpc) is 3.26. The van der Waals surface area contributed by atoms with Gasteiger partial charge in [0.15, 0.2) is 11.5 Å². The minimum absolute atomic E-state index is 0.0301. The summed E-state index contributed by atoms with van der Waals surface area (Å²) in [6, 6.07) is 20.2. The summed E-state index contributed by atoms with van der Waals surface area (Å²) in [7, 11) is 0. The molecule has 0 aliphatic rings. The molecule has 0 radical (unpaired) electrons. The lowest BCUT2D eigenvalue weighted by atomic mass is 10.0. The number of carbonyl (C=O) groups excluding carboxylic acids is 3. The Morgan fingerprint density at radius 3 is 2.11 bits per heavy atom. The van der Waals surface area contributed by atoms with Crippen LogP contribution in [0, 0.1) is 0 Å². The zero-order chi connectivity index (χ0) is 19.1. The molecule has 0 saturated heterocycles. The van der Waals surface area contributed by atoms with E-state index in [1.807, 2.05) is 42.5 Å². The van der Waals surface area contributed by atoms with Crippen molar-refractivity contribution in [3.05, 3.63) is 84.3 Å². The molecule has 0 aliphatic heterocycles. The number of furan rings is 1. The highest BCUT2D eigenvalue weighted by molar-refractivity contribution is 5.98. The Balaban J connectivity index is 1.47. The number of ketones is 1. The van der Waals surface area contributed by atoms with E-state index in [1.54, 1.807) is 18.2 Å². The van der Waals surface area contributed by atoms with E-state index in [0.29, 0.717) is 5.56 Å². The summed E-state index contributed by atoms with van der Waals surface area (Å²) in [5.74, 6) is -1.06. The molecule has 0 bridgehead atoms. The maximum absolute atomic E-state index is 12.2. The van der Waals surface area contributed by atoms with E-state index in [-0.39, 0.29) is 24.4 Å². The van der Waals surface area contributed by atoms with E-state index in [9.17, 15) is 14.4 Å². The summed E-state index contributed by atoms with van der Waals surface area (Å²) >= 11 is 0. The lowest BCUT2D eigenvalue weighted by Gasteiger charge is -2.06. The van der Waals surface area contributed by atoms with Gasteiger partial charge in [-0.1, -0.05) is 54.6 Å². The predicted octanol–water partition coefficient (Wildman–Crippen LogP) is 3.37. The Morgan fingerprint density at radius 1 is 0.741 bits per heavy atom. The third-order valence-corrected chi connectivity index (χ3v) is 3.95. The largest absolute Gasteiger partial charge is 0.459 e. The van der Waals surface area contributed by atoms with Crippen molar-refractivity contribution in [1.29, 1.82) is 0 Å². The second kappa shape index (κ2) is 8.62. The van der Waals surface area contributed by atoms with Crippen molar-refractivity contribution in [3.63, 3.8) is 0 Å². The summed E-state index contributed by atoms with van der Waals surface area (Å²) in [6.07, 6.45) is 1.38. The SMILES string of the molecule is O=C(CCC(=O)c1ccc(-c2ccccc2)cc1)NNC(=O)c1ccco1. The van der Waals surface area contributed by atoms with E-state index in [2.05, 4.69) is 10.9 Å². The van der Waals surface area contributed by atoms with Gasteiger partial charge in [-0.05, 0) is 23.3 Å². The van der Waals surface area contributed by atoms with Gasteiger partial charge in [0.1, 0.15) is 0 Å². The van der Waals surface area contributed by atoms with Crippen LogP contribution in [0.1, 0.15) is 33.8 Å². The number of Topliss-reactive ketones (excluding diaryl/α,β-unsaturated/α-hetero) is 1. The van der Waals surface area contributed by atoms with Crippen molar-refractivity contribution in [2.24, 2.45) is 0 Å². The molecule has 2 N–H and O–H groups in total. The van der Waals surface area contributed by atoms with Crippen LogP contribution >= 0.6 is 0 Å². The Hall–Kier alpha value is -3.67. The minimum atomic E-state index is -0.559. The second-order valence-electron chi connectivity index (χ2n) is 5.85. The lowest BCUT2D eigenvalue weighted by molar-refractivity contribution is -0.121. The maximum Gasteiger partial charge on any atom is 0.305 e. The molecule has 2 amide bonds. The van der Waals surface area contributed by atoms with Crippen LogP contribution < -0.4 is 10.9 Å². The van der Waals surface area contributed by atoms with Crippen molar-refractivity contribution < 1.29 is 18.8 Å². The highest BCUT2D eigenvalue weighted by atomic mass is 16.3. The van der Waals surface area contributed by atoms with Gasteiger partial charge in [-0.25, -0.2) is 0 Å². The molecule has 0 saturated carbocycles. The Kier molecular flexibility index (Phi) is 5.79. The van der Waals surface area contributed by atoms with Crippen molar-refractivity contribution in [1.82, 2.24) is 10.9 Å². The molecule has 0 aliphatic carbocycles. The van der Waals surface area contributed by atoms with Crippen LogP contribution in [0.5, 0.6) is 0 Å². The van der Waals surface area contributed by atoms with Crippen LogP contribution in [0.3, 0.4) is 0 Å². The zero-order valence-corrected chi connectivity index (χ0v) is 14.5. The van der Waals surface area contributed by atoms with Crippen LogP contribution in [0.15, 0.2) is 77.4 Å². The monoisotopic (exact) mass is 362 g/mol. The molecule has 0 fully saturated rings. The fraction of sp³-hybridized carbons (Fsp3) is 0.0952. The highest BCUT2D eigenvalue weighted by Crippen LogP contribution is 2.19. The number of hydrazine groups is 1. The lowest BCUT2D eigenvalue weighted by Crippen LogP contribution is -2.41. The molecule has 6 heteroatoms. The van der Waals surface area contributed by atoms with Crippen molar-refractivity contribution in [3.8, 4) is 11.1 Å². The Morgan fingerprint density at radius 2 is 1.44 bits per heavy atom. The molecule has 136 valence electrons. The van der Waals surface area contributed by atoms with E-state index < -0.39 is 11.8 Å². The quantitative estimate of drug-likeness (QED) is 0.520. The molecular formula is C21H18N2O4. The van der Waals surface area contributed by atoms with E-state index in [1.165, 1.54) is 12.3 Å². The minimum Gasteiger partial charge on any atom is -0.459 e. The van der Waals surface area contributed by atoms with Gasteiger partial charge in [0, 0.05) is 18.4 Å². The number of amides is 2. The molecule has 0 atom stereocenters. The molecule has 3 aromatic rings. The topological polar surface area (TPSA) is 88.4 Å². The number of nitrogens with one attached hydrogen (secondary N) is 2. The van der Waals surface area contributed by atoms with Gasteiger partial charge in [-0.3, -0.25) is 25.2 Å². The second-order valence-corrected chi connectivity index (χ2v) is 5.85. The number of hydrogen-bond donors (Lipinski definition) is 2. The normalized spacial score (nSPS) is 10.2. The van der Waals surface area contributed by atoms with E-state index in [0.717, 1.165) is 11.1 Å². The number of benzene rings is 2. The van der Waals surface area contributed by atoms with Crippen LogP contribution in [0.2, 0.25) is 0 Å². The molecule has 2 aromatic carbocycles. The average molecular weight is 362 g/mol. The molecule has 3 rings (SSSR count). The van der Waals surface area contributed by atoms with E-state index in [4.69, 9.17) is 4.42 Å². The van der Waals surface area contributed by atoms with Crippen LogP contribution in [-0.4, -0.2) is 17.6 Å².